The monoisotopic (exact) mass is 501 g/mol. The van der Waals surface area contributed by atoms with Crippen LogP contribution in [0.3, 0.4) is 0 Å². The maximum atomic E-state index is 12.4. The van der Waals surface area contributed by atoms with Gasteiger partial charge in [-0.1, -0.05) is 6.07 Å². The Morgan fingerprint density at radius 2 is 1.89 bits per heavy atom. The van der Waals surface area contributed by atoms with E-state index in [4.69, 9.17) is 14.6 Å². The molecule has 0 amide bonds. The fourth-order valence-electron chi connectivity index (χ4n) is 4.48. The summed E-state index contributed by atoms with van der Waals surface area (Å²) >= 11 is 0. The predicted molar refractivity (Wildman–Crippen MR) is 127 cm³/mol. The number of fused-ring (bicyclic) bond motifs is 1. The van der Waals surface area contributed by atoms with Crippen molar-refractivity contribution in [2.75, 3.05) is 19.0 Å². The average Bonchev–Trinajstić information content (AvgIpc) is 3.46. The molecular weight excluding hydrogens is 475 g/mol. The second kappa shape index (κ2) is 9.67. The molecule has 12 heteroatoms. The lowest BCUT2D eigenvalue weighted by Crippen LogP contribution is -2.26. The van der Waals surface area contributed by atoms with Gasteiger partial charge in [0.15, 0.2) is 6.61 Å². The van der Waals surface area contributed by atoms with Gasteiger partial charge in [-0.3, -0.25) is 9.36 Å². The number of anilines is 1. The molecule has 0 bridgehead atoms. The van der Waals surface area contributed by atoms with E-state index in [0.717, 1.165) is 53.7 Å². The van der Waals surface area contributed by atoms with Gasteiger partial charge in [-0.05, 0) is 25.7 Å². The Labute approximate surface area is 205 Å². The molecule has 0 radical (unpaired) electrons. The van der Waals surface area contributed by atoms with E-state index < -0.39 is 12.8 Å². The summed E-state index contributed by atoms with van der Waals surface area (Å²) in [7, 11) is 3.70. The van der Waals surface area contributed by atoms with Crippen LogP contribution in [0.25, 0.3) is 22.2 Å². The quantitative estimate of drug-likeness (QED) is 0.390. The van der Waals surface area contributed by atoms with Crippen LogP contribution in [-0.2, 0) is 7.05 Å². The van der Waals surface area contributed by atoms with Crippen LogP contribution in [0.15, 0.2) is 42.9 Å². The maximum absolute atomic E-state index is 12.4. The van der Waals surface area contributed by atoms with Gasteiger partial charge >= 0.3 is 6.18 Å². The van der Waals surface area contributed by atoms with Crippen molar-refractivity contribution in [1.29, 1.82) is 0 Å². The number of hydrogen-bond donors (Lipinski definition) is 1. The molecule has 4 aromatic heterocycles. The Balaban J connectivity index is 1.30. The lowest BCUT2D eigenvalue weighted by atomic mass is 9.93. The highest BCUT2D eigenvalue weighted by Gasteiger charge is 2.29. The van der Waals surface area contributed by atoms with Crippen LogP contribution >= 0.6 is 0 Å². The van der Waals surface area contributed by atoms with E-state index in [1.807, 2.05) is 32.6 Å². The molecule has 1 fully saturated rings. The van der Waals surface area contributed by atoms with E-state index >= 15 is 0 Å². The number of nitrogens with zero attached hydrogens (tertiary/aromatic N) is 6. The Bertz CT molecular complexity index is 1340. The van der Waals surface area contributed by atoms with Crippen LogP contribution in [-0.4, -0.2) is 55.5 Å². The van der Waals surface area contributed by atoms with Gasteiger partial charge < -0.3 is 14.8 Å². The lowest BCUT2D eigenvalue weighted by molar-refractivity contribution is -0.154. The van der Waals surface area contributed by atoms with Gasteiger partial charge in [-0.25, -0.2) is 4.98 Å². The van der Waals surface area contributed by atoms with Crippen LogP contribution in [0.2, 0.25) is 0 Å². The lowest BCUT2D eigenvalue weighted by Gasteiger charge is -2.29. The molecule has 1 aliphatic rings. The van der Waals surface area contributed by atoms with Gasteiger partial charge in [0.25, 0.3) is 0 Å². The minimum Gasteiger partial charge on any atom is -0.474 e. The van der Waals surface area contributed by atoms with Gasteiger partial charge in [-0.2, -0.15) is 28.4 Å². The Kier molecular flexibility index (Phi) is 6.42. The number of ether oxygens (including phenoxy) is 2. The zero-order valence-electron chi connectivity index (χ0n) is 19.9. The SMILES string of the molecule is CNc1cc2c(cn1)c(-c1cnn(C)c1)nn2[C@H]1CC[C@@H](Oc2cccc(OCC(F)(F)F)n2)CC1. The summed E-state index contributed by atoms with van der Waals surface area (Å²) in [6.45, 7) is -1.39. The molecule has 1 N–H and O–H groups in total. The van der Waals surface area contributed by atoms with Crippen molar-refractivity contribution in [3.05, 3.63) is 42.9 Å². The second-order valence-corrected chi connectivity index (χ2v) is 8.80. The molecular formula is C24H26F3N7O2. The number of halogens is 3. The van der Waals surface area contributed by atoms with Crippen LogP contribution in [0.1, 0.15) is 31.7 Å². The fraction of sp³-hybridized carbons (Fsp3) is 0.417. The molecule has 0 atom stereocenters. The normalized spacial score (nSPS) is 18.4. The number of hydrogen-bond acceptors (Lipinski definition) is 7. The van der Waals surface area contributed by atoms with Gasteiger partial charge in [0, 0.05) is 55.6 Å². The standard InChI is InChI=1S/C24H26F3N7O2/c1-28-20-10-19-18(12-29-20)23(15-11-30-33(2)13-15)32-34(19)16-6-8-17(9-7-16)36-22-5-3-4-21(31-22)35-14-24(25,26)27/h3-5,10-13,16-17H,6-9,14H2,1-2H3,(H,28,29)/t16-,17+. The van der Waals surface area contributed by atoms with Gasteiger partial charge in [0.1, 0.15) is 17.6 Å². The minimum atomic E-state index is -4.42. The van der Waals surface area contributed by atoms with Crippen LogP contribution in [0.4, 0.5) is 19.0 Å². The highest BCUT2D eigenvalue weighted by Crippen LogP contribution is 2.36. The Morgan fingerprint density at radius 1 is 1.11 bits per heavy atom. The molecule has 36 heavy (non-hydrogen) atoms. The first-order valence-corrected chi connectivity index (χ1v) is 11.7. The number of alkyl halides is 3. The van der Waals surface area contributed by atoms with Crippen LogP contribution in [0, 0.1) is 0 Å². The first-order valence-electron chi connectivity index (χ1n) is 11.7. The van der Waals surface area contributed by atoms with Crippen molar-refractivity contribution < 1.29 is 22.6 Å². The number of nitrogens with one attached hydrogen (secondary N) is 1. The number of aromatic nitrogens is 6. The number of rotatable bonds is 7. The summed E-state index contributed by atoms with van der Waals surface area (Å²) in [6, 6.07) is 6.75. The third-order valence-corrected chi connectivity index (χ3v) is 6.18. The predicted octanol–water partition coefficient (Wildman–Crippen LogP) is 4.77. The van der Waals surface area contributed by atoms with E-state index in [-0.39, 0.29) is 23.9 Å². The molecule has 4 heterocycles. The zero-order valence-corrected chi connectivity index (χ0v) is 19.9. The first kappa shape index (κ1) is 23.9. The van der Waals surface area contributed by atoms with Crippen LogP contribution < -0.4 is 14.8 Å². The van der Waals surface area contributed by atoms with Crippen molar-refractivity contribution in [2.45, 2.75) is 44.0 Å². The second-order valence-electron chi connectivity index (χ2n) is 8.80. The van der Waals surface area contributed by atoms with Crippen molar-refractivity contribution in [1.82, 2.24) is 29.5 Å². The largest absolute Gasteiger partial charge is 0.474 e. The van der Waals surface area contributed by atoms with Crippen molar-refractivity contribution in [3.8, 4) is 23.0 Å². The molecule has 0 aromatic carbocycles. The minimum absolute atomic E-state index is 0.0965. The average molecular weight is 502 g/mol. The molecule has 0 unspecified atom stereocenters. The van der Waals surface area contributed by atoms with E-state index in [0.29, 0.717) is 0 Å². The Morgan fingerprint density at radius 3 is 2.58 bits per heavy atom. The molecule has 1 aliphatic carbocycles. The molecule has 9 nitrogen and oxygen atoms in total. The summed E-state index contributed by atoms with van der Waals surface area (Å²) in [5.41, 5.74) is 2.76. The summed E-state index contributed by atoms with van der Waals surface area (Å²) < 4.78 is 51.8. The smallest absolute Gasteiger partial charge is 0.422 e. The highest BCUT2D eigenvalue weighted by atomic mass is 19.4. The van der Waals surface area contributed by atoms with Gasteiger partial charge in [0.2, 0.25) is 11.8 Å². The van der Waals surface area contributed by atoms with Crippen LogP contribution in [0.5, 0.6) is 11.8 Å². The van der Waals surface area contributed by atoms with Crippen molar-refractivity contribution in [2.24, 2.45) is 7.05 Å². The fourth-order valence-corrected chi connectivity index (χ4v) is 4.48. The maximum Gasteiger partial charge on any atom is 0.422 e. The van der Waals surface area contributed by atoms with Crippen molar-refractivity contribution >= 4 is 16.7 Å². The van der Waals surface area contributed by atoms with Gasteiger partial charge in [0.05, 0.1) is 17.8 Å². The van der Waals surface area contributed by atoms with E-state index in [9.17, 15) is 13.2 Å². The molecule has 190 valence electrons. The Hall–Kier alpha value is -3.83. The number of pyridine rings is 2. The topological polar surface area (TPSA) is 91.9 Å². The van der Waals surface area contributed by atoms with E-state index in [1.54, 1.807) is 23.0 Å². The molecule has 0 saturated heterocycles. The first-order chi connectivity index (χ1) is 17.3. The summed E-state index contributed by atoms with van der Waals surface area (Å²) in [4.78, 5) is 8.54. The summed E-state index contributed by atoms with van der Waals surface area (Å²) in [5.74, 6) is 0.904. The highest BCUT2D eigenvalue weighted by molar-refractivity contribution is 5.93. The molecule has 0 aliphatic heterocycles. The zero-order chi connectivity index (χ0) is 25.3. The van der Waals surface area contributed by atoms with E-state index in [2.05, 4.69) is 25.1 Å². The van der Waals surface area contributed by atoms with Gasteiger partial charge in [-0.15, -0.1) is 0 Å². The third kappa shape index (κ3) is 5.21. The third-order valence-electron chi connectivity index (χ3n) is 6.18. The molecule has 0 spiro atoms. The summed E-state index contributed by atoms with van der Waals surface area (Å²) in [5, 5.41) is 13.3. The molecule has 4 aromatic rings. The summed E-state index contributed by atoms with van der Waals surface area (Å²) in [6.07, 6.45) is 4.22. The molecule has 1 saturated carbocycles. The number of aryl methyl sites for hydroxylation is 1. The molecule has 5 rings (SSSR count). The van der Waals surface area contributed by atoms with Crippen molar-refractivity contribution in [3.63, 3.8) is 0 Å². The van der Waals surface area contributed by atoms with E-state index in [1.165, 1.54) is 6.07 Å².